The van der Waals surface area contributed by atoms with Crippen LogP contribution in [0.15, 0.2) is 18.2 Å². The molecule has 0 spiro atoms. The Morgan fingerprint density at radius 3 is 2.29 bits per heavy atom. The van der Waals surface area contributed by atoms with Crippen LogP contribution in [0.3, 0.4) is 0 Å². The first-order valence-electron chi connectivity index (χ1n) is 10.2. The molecule has 3 rings (SSSR count). The molecule has 154 valence electrons. The molecule has 28 heavy (non-hydrogen) atoms. The number of carbonyl (C=O) groups excluding carboxylic acids is 2. The number of methoxy groups -OCH3 is 2. The van der Waals surface area contributed by atoms with Gasteiger partial charge in [-0.15, -0.1) is 0 Å². The van der Waals surface area contributed by atoms with Crippen LogP contribution >= 0.6 is 0 Å². The normalized spacial score (nSPS) is 19.4. The summed E-state index contributed by atoms with van der Waals surface area (Å²) in [5.41, 5.74) is 0.663. The van der Waals surface area contributed by atoms with Crippen molar-refractivity contribution in [1.82, 2.24) is 9.80 Å². The van der Waals surface area contributed by atoms with E-state index in [1.807, 2.05) is 9.80 Å². The van der Waals surface area contributed by atoms with Gasteiger partial charge >= 0.3 is 6.03 Å². The molecular formula is C21H31N3O4. The van der Waals surface area contributed by atoms with Crippen LogP contribution < -0.4 is 14.8 Å². The number of rotatable bonds is 6. The third kappa shape index (κ3) is 5.30. The number of ether oxygens (including phenoxy) is 2. The van der Waals surface area contributed by atoms with Gasteiger partial charge in [0.05, 0.1) is 14.2 Å². The Morgan fingerprint density at radius 2 is 1.64 bits per heavy atom. The largest absolute Gasteiger partial charge is 0.497 e. The lowest BCUT2D eigenvalue weighted by molar-refractivity contribution is -0.116. The maximum absolute atomic E-state index is 12.6. The van der Waals surface area contributed by atoms with E-state index in [1.165, 1.54) is 0 Å². The highest BCUT2D eigenvalue weighted by molar-refractivity contribution is 5.91. The average Bonchev–Trinajstić information content (AvgIpc) is 3.26. The minimum Gasteiger partial charge on any atom is -0.497 e. The van der Waals surface area contributed by atoms with Crippen molar-refractivity contribution in [3.05, 3.63) is 18.2 Å². The van der Waals surface area contributed by atoms with E-state index in [1.54, 1.807) is 32.4 Å². The van der Waals surface area contributed by atoms with Gasteiger partial charge in [0.25, 0.3) is 0 Å². The number of nitrogens with zero attached hydrogens (tertiary/aromatic N) is 2. The minimum atomic E-state index is -0.0294. The Balaban J connectivity index is 1.48. The highest BCUT2D eigenvalue weighted by atomic mass is 16.5. The molecule has 1 aromatic rings. The Hall–Kier alpha value is -2.44. The number of hydrogen-bond donors (Lipinski definition) is 1. The van der Waals surface area contributed by atoms with Crippen LogP contribution in [-0.2, 0) is 4.79 Å². The molecule has 1 aromatic carbocycles. The average molecular weight is 389 g/mol. The van der Waals surface area contributed by atoms with Crippen molar-refractivity contribution >= 4 is 17.6 Å². The minimum absolute atomic E-state index is 0.0294. The number of urea groups is 1. The quantitative estimate of drug-likeness (QED) is 0.810. The Morgan fingerprint density at radius 1 is 1.00 bits per heavy atom. The third-order valence-electron chi connectivity index (χ3n) is 5.58. The maximum Gasteiger partial charge on any atom is 0.320 e. The fourth-order valence-corrected chi connectivity index (χ4v) is 4.02. The maximum atomic E-state index is 12.6. The van der Waals surface area contributed by atoms with E-state index in [9.17, 15) is 9.59 Å². The lowest BCUT2D eigenvalue weighted by atomic mass is 9.93. The number of nitrogens with one attached hydrogen (secondary N) is 1. The van der Waals surface area contributed by atoms with Gasteiger partial charge in [-0.2, -0.15) is 0 Å². The summed E-state index contributed by atoms with van der Waals surface area (Å²) in [7, 11) is 3.16. The first-order valence-corrected chi connectivity index (χ1v) is 10.2. The standard InChI is InChI=1S/C21H31N3O4/c1-27-18-12-17(13-19(14-18)28-2)22-20(25)8-7-16-6-5-11-24(15-16)21(26)23-9-3-4-10-23/h12-14,16H,3-11,15H2,1-2H3,(H,22,25). The van der Waals surface area contributed by atoms with Gasteiger partial charge in [-0.1, -0.05) is 0 Å². The topological polar surface area (TPSA) is 71.1 Å². The number of amides is 3. The Bertz CT molecular complexity index is 666. The molecule has 1 unspecified atom stereocenters. The van der Waals surface area contributed by atoms with Crippen molar-refractivity contribution in [2.24, 2.45) is 5.92 Å². The van der Waals surface area contributed by atoms with Crippen LogP contribution in [0.1, 0.15) is 38.5 Å². The molecule has 0 aromatic heterocycles. The summed E-state index contributed by atoms with van der Waals surface area (Å²) in [5, 5.41) is 2.92. The molecule has 2 heterocycles. The summed E-state index contributed by atoms with van der Waals surface area (Å²) in [6, 6.07) is 5.49. The molecule has 3 amide bonds. The predicted molar refractivity (Wildman–Crippen MR) is 108 cm³/mol. The molecule has 2 aliphatic heterocycles. The molecule has 0 radical (unpaired) electrons. The van der Waals surface area contributed by atoms with Gasteiger partial charge in [0.1, 0.15) is 11.5 Å². The van der Waals surface area contributed by atoms with Crippen molar-refractivity contribution in [2.75, 3.05) is 45.7 Å². The van der Waals surface area contributed by atoms with E-state index in [-0.39, 0.29) is 11.9 Å². The second-order valence-electron chi connectivity index (χ2n) is 7.62. The van der Waals surface area contributed by atoms with Crippen LogP contribution in [0.4, 0.5) is 10.5 Å². The number of hydrogen-bond acceptors (Lipinski definition) is 4. The van der Waals surface area contributed by atoms with Crippen LogP contribution in [0.25, 0.3) is 0 Å². The molecule has 2 saturated heterocycles. The van der Waals surface area contributed by atoms with E-state index >= 15 is 0 Å². The summed E-state index contributed by atoms with van der Waals surface area (Å²) >= 11 is 0. The molecule has 0 aliphatic carbocycles. The van der Waals surface area contributed by atoms with E-state index in [4.69, 9.17) is 9.47 Å². The molecule has 7 nitrogen and oxygen atoms in total. The fraction of sp³-hybridized carbons (Fsp3) is 0.619. The summed E-state index contributed by atoms with van der Waals surface area (Å²) < 4.78 is 10.5. The van der Waals surface area contributed by atoms with E-state index in [2.05, 4.69) is 5.32 Å². The smallest absolute Gasteiger partial charge is 0.320 e. The second kappa shape index (κ2) is 9.66. The molecule has 1 N–H and O–H groups in total. The number of benzene rings is 1. The highest BCUT2D eigenvalue weighted by Crippen LogP contribution is 2.27. The summed E-state index contributed by atoms with van der Waals surface area (Å²) in [6.45, 7) is 3.36. The molecule has 0 bridgehead atoms. The summed E-state index contributed by atoms with van der Waals surface area (Å²) in [5.74, 6) is 1.63. The van der Waals surface area contributed by atoms with Crippen molar-refractivity contribution in [1.29, 1.82) is 0 Å². The van der Waals surface area contributed by atoms with E-state index in [0.29, 0.717) is 29.5 Å². The summed E-state index contributed by atoms with van der Waals surface area (Å²) in [6.07, 6.45) is 5.53. The zero-order chi connectivity index (χ0) is 19.9. The van der Waals surface area contributed by atoms with Crippen LogP contribution in [0.2, 0.25) is 0 Å². The first-order chi connectivity index (χ1) is 13.6. The molecule has 7 heteroatoms. The van der Waals surface area contributed by atoms with Crippen LogP contribution in [-0.4, -0.2) is 62.1 Å². The van der Waals surface area contributed by atoms with Crippen molar-refractivity contribution in [3.8, 4) is 11.5 Å². The van der Waals surface area contributed by atoms with Gasteiger partial charge in [0.2, 0.25) is 5.91 Å². The Labute approximate surface area is 167 Å². The lowest BCUT2D eigenvalue weighted by Crippen LogP contribution is -2.46. The SMILES string of the molecule is COc1cc(NC(=O)CCC2CCCN(C(=O)N3CCCC3)C2)cc(OC)c1. The fourth-order valence-electron chi connectivity index (χ4n) is 4.02. The zero-order valence-electron chi connectivity index (χ0n) is 16.9. The molecule has 1 atom stereocenters. The summed E-state index contributed by atoms with van der Waals surface area (Å²) in [4.78, 5) is 28.9. The lowest BCUT2D eigenvalue weighted by Gasteiger charge is -2.35. The van der Waals surface area contributed by atoms with Crippen molar-refractivity contribution in [2.45, 2.75) is 38.5 Å². The molecule has 2 fully saturated rings. The molecule has 0 saturated carbocycles. The van der Waals surface area contributed by atoms with Gasteiger partial charge < -0.3 is 24.6 Å². The number of anilines is 1. The first kappa shape index (κ1) is 20.3. The van der Waals surface area contributed by atoms with Gasteiger partial charge in [0.15, 0.2) is 0 Å². The number of likely N-dealkylation sites (tertiary alicyclic amines) is 2. The zero-order valence-corrected chi connectivity index (χ0v) is 16.9. The Kier molecular flexibility index (Phi) is 7.01. The van der Waals surface area contributed by atoms with Crippen LogP contribution in [0.5, 0.6) is 11.5 Å². The highest BCUT2D eigenvalue weighted by Gasteiger charge is 2.28. The number of piperidine rings is 1. The van der Waals surface area contributed by atoms with E-state index < -0.39 is 0 Å². The van der Waals surface area contributed by atoms with Crippen molar-refractivity contribution in [3.63, 3.8) is 0 Å². The third-order valence-corrected chi connectivity index (χ3v) is 5.58. The van der Waals surface area contributed by atoms with Crippen LogP contribution in [0, 0.1) is 5.92 Å². The van der Waals surface area contributed by atoms with Gasteiger partial charge in [-0.25, -0.2) is 4.79 Å². The van der Waals surface area contributed by atoms with E-state index in [0.717, 1.165) is 58.3 Å². The molecule has 2 aliphatic rings. The van der Waals surface area contributed by atoms with Gasteiger partial charge in [-0.05, 0) is 38.0 Å². The predicted octanol–water partition coefficient (Wildman–Crippen LogP) is 3.35. The van der Waals surface area contributed by atoms with Crippen molar-refractivity contribution < 1.29 is 19.1 Å². The number of carbonyl (C=O) groups is 2. The molecular weight excluding hydrogens is 358 g/mol. The monoisotopic (exact) mass is 389 g/mol. The second-order valence-corrected chi connectivity index (χ2v) is 7.62. The van der Waals surface area contributed by atoms with Gasteiger partial charge in [0, 0.05) is 56.5 Å². The van der Waals surface area contributed by atoms with Gasteiger partial charge in [-0.3, -0.25) is 4.79 Å².